The molecule has 0 aliphatic heterocycles. The van der Waals surface area contributed by atoms with Crippen molar-refractivity contribution in [2.45, 2.75) is 25.1 Å². The smallest absolute Gasteiger partial charge is 0.367 e. The Labute approximate surface area is 145 Å². The van der Waals surface area contributed by atoms with E-state index in [-0.39, 0.29) is 23.5 Å². The first-order chi connectivity index (χ1) is 12.4. The van der Waals surface area contributed by atoms with Crippen LogP contribution in [0.2, 0.25) is 0 Å². The molecule has 1 amide bonds. The van der Waals surface area contributed by atoms with Gasteiger partial charge in [-0.1, -0.05) is 0 Å². The number of halogens is 3. The van der Waals surface area contributed by atoms with Crippen LogP contribution in [0.3, 0.4) is 0 Å². The first kappa shape index (κ1) is 16.3. The van der Waals surface area contributed by atoms with Gasteiger partial charge in [0.1, 0.15) is 5.82 Å². The van der Waals surface area contributed by atoms with Crippen LogP contribution in [0.15, 0.2) is 36.7 Å². The number of carbonyl (C=O) groups is 1. The fraction of sp³-hybridized carbons (Fsp3) is 0.250. The Balaban J connectivity index is 1.70. The van der Waals surface area contributed by atoms with E-state index in [1.807, 2.05) is 0 Å². The van der Waals surface area contributed by atoms with Crippen molar-refractivity contribution in [1.82, 2.24) is 19.6 Å². The number of rotatable bonds is 4. The van der Waals surface area contributed by atoms with Gasteiger partial charge in [-0.05, 0) is 37.1 Å². The highest BCUT2D eigenvalue weighted by Crippen LogP contribution is 2.33. The van der Waals surface area contributed by atoms with Crippen LogP contribution in [0, 0.1) is 0 Å². The fourth-order valence-corrected chi connectivity index (χ4v) is 2.41. The Hall–Kier alpha value is -3.17. The minimum Gasteiger partial charge on any atom is -0.367 e. The van der Waals surface area contributed by atoms with Crippen molar-refractivity contribution >= 4 is 23.3 Å². The number of amides is 1. The first-order valence-corrected chi connectivity index (χ1v) is 7.86. The van der Waals surface area contributed by atoms with Gasteiger partial charge < -0.3 is 5.32 Å². The van der Waals surface area contributed by atoms with Gasteiger partial charge >= 0.3 is 6.18 Å². The van der Waals surface area contributed by atoms with E-state index in [0.717, 1.165) is 25.0 Å². The lowest BCUT2D eigenvalue weighted by Crippen LogP contribution is -2.13. The van der Waals surface area contributed by atoms with Gasteiger partial charge in [-0.3, -0.25) is 15.1 Å². The van der Waals surface area contributed by atoms with Crippen LogP contribution in [0.25, 0.3) is 5.65 Å². The van der Waals surface area contributed by atoms with Crippen molar-refractivity contribution in [3.8, 4) is 0 Å². The summed E-state index contributed by atoms with van der Waals surface area (Å²) in [6.07, 6.45) is 0.155. The van der Waals surface area contributed by atoms with E-state index in [4.69, 9.17) is 0 Å². The van der Waals surface area contributed by atoms with Crippen LogP contribution in [0.1, 0.15) is 28.8 Å². The van der Waals surface area contributed by atoms with E-state index in [0.29, 0.717) is 5.56 Å². The van der Waals surface area contributed by atoms with E-state index in [2.05, 4.69) is 25.7 Å². The largest absolute Gasteiger partial charge is 0.416 e. The monoisotopic (exact) mass is 362 g/mol. The van der Waals surface area contributed by atoms with Gasteiger partial charge in [-0.25, -0.2) is 0 Å². The van der Waals surface area contributed by atoms with Crippen molar-refractivity contribution in [3.63, 3.8) is 0 Å². The standard InChI is InChI=1S/C16H13F3N6O/c17-16(18,19)10-6-12(21-11-3-4-11)25-13(7-10)22-15(24-25)23-14(26)9-2-1-5-20-8-9/h1-2,5-8,11,21H,3-4H2,(H,23,24,26). The third kappa shape index (κ3) is 3.30. The van der Waals surface area contributed by atoms with Crippen LogP contribution in [0.5, 0.6) is 0 Å². The predicted molar refractivity (Wildman–Crippen MR) is 86.8 cm³/mol. The Morgan fingerprint density at radius 1 is 1.27 bits per heavy atom. The molecule has 0 atom stereocenters. The SMILES string of the molecule is O=C(Nc1nc2cc(C(F)(F)F)cc(NC3CC3)n2n1)c1cccnc1. The molecule has 0 saturated heterocycles. The lowest BCUT2D eigenvalue weighted by atomic mass is 10.2. The average molecular weight is 362 g/mol. The van der Waals surface area contributed by atoms with Crippen LogP contribution >= 0.6 is 0 Å². The van der Waals surface area contributed by atoms with Crippen molar-refractivity contribution in [2.24, 2.45) is 0 Å². The number of alkyl halides is 3. The van der Waals surface area contributed by atoms with E-state index in [9.17, 15) is 18.0 Å². The summed E-state index contributed by atoms with van der Waals surface area (Å²) in [4.78, 5) is 20.0. The van der Waals surface area contributed by atoms with Crippen molar-refractivity contribution < 1.29 is 18.0 Å². The summed E-state index contributed by atoms with van der Waals surface area (Å²) >= 11 is 0. The molecule has 1 aliphatic carbocycles. The number of nitrogens with one attached hydrogen (secondary N) is 2. The molecule has 7 nitrogen and oxygen atoms in total. The number of aromatic nitrogens is 4. The molecule has 3 aromatic rings. The number of pyridine rings is 2. The van der Waals surface area contributed by atoms with Crippen LogP contribution in [-0.4, -0.2) is 31.5 Å². The third-order valence-electron chi connectivity index (χ3n) is 3.84. The zero-order chi connectivity index (χ0) is 18.3. The first-order valence-electron chi connectivity index (χ1n) is 7.86. The molecule has 1 saturated carbocycles. The van der Waals surface area contributed by atoms with Crippen LogP contribution in [0.4, 0.5) is 24.9 Å². The maximum Gasteiger partial charge on any atom is 0.416 e. The molecule has 10 heteroatoms. The number of hydrogen-bond acceptors (Lipinski definition) is 5. The molecule has 0 unspecified atom stereocenters. The molecular weight excluding hydrogens is 349 g/mol. The van der Waals surface area contributed by atoms with Gasteiger partial charge in [0.2, 0.25) is 5.95 Å². The van der Waals surface area contributed by atoms with Gasteiger partial charge in [-0.15, -0.1) is 5.10 Å². The minimum atomic E-state index is -4.51. The topological polar surface area (TPSA) is 84.2 Å². The zero-order valence-corrected chi connectivity index (χ0v) is 13.3. The maximum atomic E-state index is 13.1. The highest BCUT2D eigenvalue weighted by molar-refractivity contribution is 6.03. The van der Waals surface area contributed by atoms with Crippen molar-refractivity contribution in [1.29, 1.82) is 0 Å². The molecule has 26 heavy (non-hydrogen) atoms. The summed E-state index contributed by atoms with van der Waals surface area (Å²) in [6.45, 7) is 0. The summed E-state index contributed by atoms with van der Waals surface area (Å²) in [7, 11) is 0. The molecule has 0 spiro atoms. The molecule has 134 valence electrons. The van der Waals surface area contributed by atoms with Gasteiger partial charge in [-0.2, -0.15) is 22.7 Å². The second-order valence-electron chi connectivity index (χ2n) is 5.95. The molecule has 0 aromatic carbocycles. The number of anilines is 2. The number of carbonyl (C=O) groups excluding carboxylic acids is 1. The molecular formula is C16H13F3N6O. The lowest BCUT2D eigenvalue weighted by Gasteiger charge is -2.11. The second-order valence-corrected chi connectivity index (χ2v) is 5.95. The quantitative estimate of drug-likeness (QED) is 0.745. The lowest BCUT2D eigenvalue weighted by molar-refractivity contribution is -0.137. The van der Waals surface area contributed by atoms with Crippen molar-refractivity contribution in [2.75, 3.05) is 10.6 Å². The molecule has 2 N–H and O–H groups in total. The Kier molecular flexibility index (Phi) is 3.74. The highest BCUT2D eigenvalue weighted by atomic mass is 19.4. The van der Waals surface area contributed by atoms with E-state index in [1.165, 1.54) is 16.9 Å². The normalized spacial score (nSPS) is 14.4. The predicted octanol–water partition coefficient (Wildman–Crippen LogP) is 2.97. The summed E-state index contributed by atoms with van der Waals surface area (Å²) in [6, 6.07) is 5.16. The van der Waals surface area contributed by atoms with Gasteiger partial charge in [0.05, 0.1) is 11.1 Å². The van der Waals surface area contributed by atoms with Crippen molar-refractivity contribution in [3.05, 3.63) is 47.8 Å². The number of fused-ring (bicyclic) bond motifs is 1. The minimum absolute atomic E-state index is 0.00976. The Morgan fingerprint density at radius 2 is 2.08 bits per heavy atom. The Bertz CT molecular complexity index is 965. The molecule has 3 heterocycles. The molecule has 1 aliphatic rings. The van der Waals surface area contributed by atoms with Crippen LogP contribution in [-0.2, 0) is 6.18 Å². The molecule has 4 rings (SSSR count). The molecule has 0 radical (unpaired) electrons. The Morgan fingerprint density at radius 3 is 2.73 bits per heavy atom. The molecule has 0 bridgehead atoms. The van der Waals surface area contributed by atoms with Gasteiger partial charge in [0.25, 0.3) is 5.91 Å². The number of hydrogen-bond donors (Lipinski definition) is 2. The summed E-state index contributed by atoms with van der Waals surface area (Å²) in [5.74, 6) is -0.398. The average Bonchev–Trinajstić information content (AvgIpc) is 3.32. The zero-order valence-electron chi connectivity index (χ0n) is 13.3. The number of nitrogens with zero attached hydrogens (tertiary/aromatic N) is 4. The second kappa shape index (κ2) is 5.97. The molecule has 1 fully saturated rings. The van der Waals surface area contributed by atoms with Crippen LogP contribution < -0.4 is 10.6 Å². The van der Waals surface area contributed by atoms with E-state index >= 15 is 0 Å². The third-order valence-corrected chi connectivity index (χ3v) is 3.84. The summed E-state index contributed by atoms with van der Waals surface area (Å²) < 4.78 is 40.6. The summed E-state index contributed by atoms with van der Waals surface area (Å²) in [5, 5.41) is 9.58. The van der Waals surface area contributed by atoms with E-state index < -0.39 is 17.6 Å². The van der Waals surface area contributed by atoms with Gasteiger partial charge in [0.15, 0.2) is 5.65 Å². The molecule has 3 aromatic heterocycles. The maximum absolute atomic E-state index is 13.1. The fourth-order valence-electron chi connectivity index (χ4n) is 2.41. The van der Waals surface area contributed by atoms with Gasteiger partial charge in [0, 0.05) is 18.4 Å². The summed E-state index contributed by atoms with van der Waals surface area (Å²) in [5.41, 5.74) is -0.547. The highest BCUT2D eigenvalue weighted by Gasteiger charge is 2.33. The van der Waals surface area contributed by atoms with E-state index in [1.54, 1.807) is 12.1 Å².